The predicted molar refractivity (Wildman–Crippen MR) is 108 cm³/mol. The Morgan fingerprint density at radius 1 is 1.30 bits per heavy atom. The van der Waals surface area contributed by atoms with Gasteiger partial charge in [0.1, 0.15) is 24.2 Å². The number of nitrogens with zero attached hydrogens (tertiary/aromatic N) is 1. The van der Waals surface area contributed by atoms with Crippen LogP contribution < -0.4 is 4.74 Å². The molecule has 0 radical (unpaired) electrons. The Labute approximate surface area is 160 Å². The number of rotatable bonds is 8. The summed E-state index contributed by atoms with van der Waals surface area (Å²) in [5.74, 6) is 1.14. The van der Waals surface area contributed by atoms with Gasteiger partial charge in [0.25, 0.3) is 0 Å². The summed E-state index contributed by atoms with van der Waals surface area (Å²) in [6.45, 7) is 15.0. The molecule has 2 aromatic rings. The number of ether oxygens (including phenoxy) is 1. The minimum atomic E-state index is -0.908. The summed E-state index contributed by atoms with van der Waals surface area (Å²) >= 11 is 0. The van der Waals surface area contributed by atoms with Crippen LogP contribution in [0, 0.1) is 13.8 Å². The molecule has 0 aliphatic rings. The van der Waals surface area contributed by atoms with Crippen LogP contribution in [0.15, 0.2) is 59.7 Å². The van der Waals surface area contributed by atoms with Crippen LogP contribution in [0.5, 0.6) is 5.75 Å². The molecule has 0 aliphatic carbocycles. The molecule has 27 heavy (non-hydrogen) atoms. The molecule has 0 spiro atoms. The summed E-state index contributed by atoms with van der Waals surface area (Å²) in [7, 11) is 0. The number of carbonyl (C=O) groups excluding carboxylic acids is 1. The molecule has 1 N–H and O–H groups in total. The Morgan fingerprint density at radius 2 is 2.00 bits per heavy atom. The first-order valence-corrected chi connectivity index (χ1v) is 8.79. The molecule has 0 bridgehead atoms. The first-order valence-electron chi connectivity index (χ1n) is 8.79. The number of aliphatic hydroxyl groups is 1. The molecule has 5 heteroatoms. The van der Waals surface area contributed by atoms with E-state index in [-0.39, 0.29) is 6.61 Å². The number of aldehydes is 1. The Bertz CT molecular complexity index is 798. The van der Waals surface area contributed by atoms with E-state index in [9.17, 15) is 9.90 Å². The summed E-state index contributed by atoms with van der Waals surface area (Å²) in [4.78, 5) is 10.6. The van der Waals surface area contributed by atoms with E-state index in [2.05, 4.69) is 18.3 Å². The number of allylic oxidation sites excluding steroid dienone is 2. The van der Waals surface area contributed by atoms with Gasteiger partial charge in [0.05, 0.1) is 5.69 Å². The first kappa shape index (κ1) is 22.1. The van der Waals surface area contributed by atoms with Gasteiger partial charge in [-0.05, 0) is 48.7 Å². The molecule has 144 valence electrons. The van der Waals surface area contributed by atoms with Crippen LogP contribution >= 0.6 is 0 Å². The van der Waals surface area contributed by atoms with Gasteiger partial charge in [0.15, 0.2) is 6.29 Å². The van der Waals surface area contributed by atoms with E-state index in [0.29, 0.717) is 28.9 Å². The lowest BCUT2D eigenvalue weighted by Gasteiger charge is -2.16. The molecule has 0 saturated heterocycles. The van der Waals surface area contributed by atoms with Gasteiger partial charge in [0.2, 0.25) is 0 Å². The molecule has 0 fully saturated rings. The zero-order chi connectivity index (χ0) is 20.4. The van der Waals surface area contributed by atoms with Crippen LogP contribution in [0.25, 0.3) is 11.1 Å². The molecule has 0 saturated carbocycles. The number of aromatic nitrogens is 1. The van der Waals surface area contributed by atoms with E-state index < -0.39 is 6.10 Å². The highest BCUT2D eigenvalue weighted by atomic mass is 16.5. The third-order valence-electron chi connectivity index (χ3n) is 3.75. The van der Waals surface area contributed by atoms with Crippen LogP contribution in [0.2, 0.25) is 0 Å². The molecule has 1 aromatic carbocycles. The van der Waals surface area contributed by atoms with Crippen LogP contribution in [-0.4, -0.2) is 23.2 Å². The normalized spacial score (nSPS) is 11.8. The fraction of sp³-hybridized carbons (Fsp3) is 0.273. The second-order valence-electron chi connectivity index (χ2n) is 5.48. The van der Waals surface area contributed by atoms with Crippen LogP contribution in [-0.2, 0) is 4.79 Å². The van der Waals surface area contributed by atoms with Crippen molar-refractivity contribution in [2.24, 2.45) is 0 Å². The fourth-order valence-corrected chi connectivity index (χ4v) is 2.63. The molecule has 2 rings (SSSR count). The molecule has 0 aliphatic heterocycles. The molecule has 5 nitrogen and oxygen atoms in total. The van der Waals surface area contributed by atoms with Crippen molar-refractivity contribution in [1.82, 2.24) is 5.16 Å². The summed E-state index contributed by atoms with van der Waals surface area (Å²) < 4.78 is 10.7. The minimum absolute atomic E-state index is 0.0720. The molecular formula is C22H27NO4. The van der Waals surface area contributed by atoms with E-state index >= 15 is 0 Å². The SMILES string of the molecule is C=C/C=C(\C=C)C(O)c1cc(OCC=O)cc(-c2c(C)noc2C)c1.CC. The van der Waals surface area contributed by atoms with Crippen LogP contribution in [0.3, 0.4) is 0 Å². The standard InChI is InChI=1S/C20H21NO4.C2H6/c1-5-7-15(6-2)20(23)17-10-16(11-18(12-17)24-9-8-22)19-13(3)21-25-14(19)4;1-2/h5-8,10-12,20,23H,1-2,9H2,3-4H3;1-2H3/b15-7+;. The van der Waals surface area contributed by atoms with E-state index in [1.807, 2.05) is 33.8 Å². The third kappa shape index (κ3) is 5.53. The van der Waals surface area contributed by atoms with E-state index in [1.165, 1.54) is 0 Å². The summed E-state index contributed by atoms with van der Waals surface area (Å²) in [5, 5.41) is 14.6. The number of carbonyl (C=O) groups is 1. The second-order valence-corrected chi connectivity index (χ2v) is 5.48. The van der Waals surface area contributed by atoms with Crippen molar-refractivity contribution < 1.29 is 19.2 Å². The number of aryl methyl sites for hydroxylation is 2. The van der Waals surface area contributed by atoms with Gasteiger partial charge in [-0.2, -0.15) is 0 Å². The van der Waals surface area contributed by atoms with Crippen LogP contribution in [0.4, 0.5) is 0 Å². The van der Waals surface area contributed by atoms with Gasteiger partial charge in [-0.3, -0.25) is 4.79 Å². The highest BCUT2D eigenvalue weighted by molar-refractivity contribution is 5.70. The fourth-order valence-electron chi connectivity index (χ4n) is 2.63. The first-order chi connectivity index (χ1) is 13.0. The average Bonchev–Trinajstić information content (AvgIpc) is 3.03. The summed E-state index contributed by atoms with van der Waals surface area (Å²) in [6, 6.07) is 5.32. The zero-order valence-electron chi connectivity index (χ0n) is 16.4. The van der Waals surface area contributed by atoms with Crippen molar-refractivity contribution in [1.29, 1.82) is 0 Å². The molecule has 1 aromatic heterocycles. The van der Waals surface area contributed by atoms with Crippen molar-refractivity contribution in [3.63, 3.8) is 0 Å². The maximum atomic E-state index is 10.7. The molecule has 1 heterocycles. The Balaban J connectivity index is 0.00000176. The predicted octanol–water partition coefficient (Wildman–Crippen LogP) is 4.89. The number of hydrogen-bond donors (Lipinski definition) is 1. The van der Waals surface area contributed by atoms with Gasteiger partial charge >= 0.3 is 0 Å². The summed E-state index contributed by atoms with van der Waals surface area (Å²) in [6.07, 6.45) is 4.61. The van der Waals surface area contributed by atoms with Gasteiger partial charge in [-0.15, -0.1) is 0 Å². The Kier molecular flexibility index (Phi) is 8.96. The third-order valence-corrected chi connectivity index (χ3v) is 3.75. The molecular weight excluding hydrogens is 342 g/mol. The maximum Gasteiger partial charge on any atom is 0.157 e. The lowest BCUT2D eigenvalue weighted by molar-refractivity contribution is -0.109. The number of hydrogen-bond acceptors (Lipinski definition) is 5. The van der Waals surface area contributed by atoms with Crippen LogP contribution in [0.1, 0.15) is 37.0 Å². The van der Waals surface area contributed by atoms with E-state index in [0.717, 1.165) is 16.8 Å². The number of benzene rings is 1. The average molecular weight is 369 g/mol. The van der Waals surface area contributed by atoms with Crippen molar-refractivity contribution in [3.05, 3.63) is 72.2 Å². The minimum Gasteiger partial charge on any atom is -0.486 e. The monoisotopic (exact) mass is 369 g/mol. The van der Waals surface area contributed by atoms with Crippen molar-refractivity contribution in [3.8, 4) is 16.9 Å². The van der Waals surface area contributed by atoms with E-state index in [4.69, 9.17) is 9.26 Å². The van der Waals surface area contributed by atoms with Gasteiger partial charge in [-0.25, -0.2) is 0 Å². The van der Waals surface area contributed by atoms with Crippen molar-refractivity contribution in [2.45, 2.75) is 33.8 Å². The highest BCUT2D eigenvalue weighted by Gasteiger charge is 2.17. The highest BCUT2D eigenvalue weighted by Crippen LogP contribution is 2.34. The summed E-state index contributed by atoms with van der Waals surface area (Å²) in [5.41, 5.74) is 3.56. The molecule has 0 amide bonds. The van der Waals surface area contributed by atoms with Gasteiger partial charge < -0.3 is 14.4 Å². The Hall–Kier alpha value is -2.92. The molecule has 1 unspecified atom stereocenters. The van der Waals surface area contributed by atoms with E-state index in [1.54, 1.807) is 30.4 Å². The second kappa shape index (κ2) is 10.9. The van der Waals surface area contributed by atoms with Crippen molar-refractivity contribution in [2.75, 3.05) is 6.61 Å². The lowest BCUT2D eigenvalue weighted by atomic mass is 9.95. The Morgan fingerprint density at radius 3 is 2.52 bits per heavy atom. The molecule has 1 atom stereocenters. The van der Waals surface area contributed by atoms with Crippen molar-refractivity contribution >= 4 is 6.29 Å². The topological polar surface area (TPSA) is 72.6 Å². The lowest BCUT2D eigenvalue weighted by Crippen LogP contribution is -2.03. The maximum absolute atomic E-state index is 10.7. The quantitative estimate of drug-likeness (QED) is 0.529. The van der Waals surface area contributed by atoms with Gasteiger partial charge in [0, 0.05) is 5.56 Å². The smallest absolute Gasteiger partial charge is 0.157 e. The largest absolute Gasteiger partial charge is 0.486 e. The number of aliphatic hydroxyl groups excluding tert-OH is 1. The zero-order valence-corrected chi connectivity index (χ0v) is 16.4. The van der Waals surface area contributed by atoms with Gasteiger partial charge in [-0.1, -0.05) is 50.4 Å².